The summed E-state index contributed by atoms with van der Waals surface area (Å²) in [5.74, 6) is -9.44. The number of carboxylic acid groups (broad SMARTS) is 3. The molecule has 1 aliphatic rings. The van der Waals surface area contributed by atoms with E-state index in [0.29, 0.717) is 12.8 Å². The van der Waals surface area contributed by atoms with Crippen molar-refractivity contribution in [2.45, 2.75) is 45.6 Å². The molecule has 0 saturated carbocycles. The number of amides is 9. The Morgan fingerprint density at radius 3 is 1.12 bits per heavy atom. The highest BCUT2D eigenvalue weighted by molar-refractivity contribution is 5.93. The number of aliphatic carboxylic acids is 3. The summed E-state index contributed by atoms with van der Waals surface area (Å²) in [6, 6.07) is -1.12. The van der Waals surface area contributed by atoms with Gasteiger partial charge < -0.3 is 65.9 Å². The first-order valence-corrected chi connectivity index (χ1v) is 24.3. The lowest BCUT2D eigenvalue weighted by Gasteiger charge is -2.32. The number of nitrogens with one attached hydrogen (secondary N) is 2. The maximum atomic E-state index is 13.0. The number of hydrogen-bond donors (Lipinski definition) is 6. The number of unbranched alkanes of at least 4 members (excludes halogenated alkanes) is 1. The average molecular weight is 1070 g/mol. The molecule has 1 rings (SSSR count). The van der Waals surface area contributed by atoms with E-state index in [4.69, 9.17) is 5.73 Å². The molecule has 7 N–H and O–H groups in total. The highest BCUT2D eigenvalue weighted by Crippen LogP contribution is 2.08. The number of hydrogen-bond acceptors (Lipinski definition) is 17. The Bertz CT molecular complexity index is 2000. The normalized spacial score (nSPS) is 14.8. The van der Waals surface area contributed by atoms with Crippen LogP contribution in [0.1, 0.15) is 39.5 Å². The van der Waals surface area contributed by atoms with Crippen molar-refractivity contribution in [1.82, 2.24) is 59.6 Å². The molecule has 1 unspecified atom stereocenters. The van der Waals surface area contributed by atoms with Crippen LogP contribution in [0.5, 0.6) is 0 Å². The Morgan fingerprint density at radius 2 is 0.800 bits per heavy atom. The van der Waals surface area contributed by atoms with Gasteiger partial charge in [0.05, 0.1) is 65.4 Å². The monoisotopic (exact) mass is 1070 g/mol. The molecular weight excluding hydrogens is 991 g/mol. The molecule has 1 heterocycles. The molecule has 0 aliphatic carbocycles. The van der Waals surface area contributed by atoms with E-state index in [-0.39, 0.29) is 116 Å². The number of likely N-dealkylation sites (N-methyl/N-ethyl adjacent to an activating group) is 6. The molecule has 29 heteroatoms. The minimum atomic E-state index is -1.12. The lowest BCUT2D eigenvalue weighted by Crippen LogP contribution is -2.50. The van der Waals surface area contributed by atoms with Crippen LogP contribution in [0, 0.1) is 5.92 Å². The summed E-state index contributed by atoms with van der Waals surface area (Å²) in [6.45, 7) is 1.34. The van der Waals surface area contributed by atoms with E-state index in [1.807, 2.05) is 0 Å². The lowest BCUT2D eigenvalue weighted by atomic mass is 10.0. The van der Waals surface area contributed by atoms with Gasteiger partial charge in [-0.05, 0) is 26.2 Å². The summed E-state index contributed by atoms with van der Waals surface area (Å²) < 4.78 is 0. The van der Waals surface area contributed by atoms with Crippen LogP contribution in [0.4, 0.5) is 0 Å². The zero-order chi connectivity index (χ0) is 57.1. The molecule has 424 valence electrons. The highest BCUT2D eigenvalue weighted by Gasteiger charge is 2.27. The largest absolute Gasteiger partial charge is 0.480 e. The first-order valence-electron chi connectivity index (χ1n) is 24.3. The van der Waals surface area contributed by atoms with E-state index in [2.05, 4.69) is 10.6 Å². The predicted octanol–water partition coefficient (Wildman–Crippen LogP) is -5.92. The molecule has 0 spiro atoms. The van der Waals surface area contributed by atoms with Gasteiger partial charge in [0.25, 0.3) is 0 Å². The van der Waals surface area contributed by atoms with E-state index < -0.39 is 110 Å². The van der Waals surface area contributed by atoms with Gasteiger partial charge in [0, 0.05) is 114 Å². The van der Waals surface area contributed by atoms with Crippen molar-refractivity contribution in [3.63, 3.8) is 0 Å². The van der Waals surface area contributed by atoms with Crippen molar-refractivity contribution >= 4 is 76.9 Å². The fraction of sp³-hybridized carbons (Fsp3) is 0.717. The van der Waals surface area contributed by atoms with E-state index in [9.17, 15) is 77.6 Å². The molecule has 0 bridgehead atoms. The number of carbonyl (C=O) groups is 13. The van der Waals surface area contributed by atoms with E-state index in [0.717, 1.165) is 29.4 Å². The fourth-order valence-electron chi connectivity index (χ4n) is 7.52. The van der Waals surface area contributed by atoms with Crippen molar-refractivity contribution in [2.24, 2.45) is 11.7 Å². The number of carboxylic acids is 3. The van der Waals surface area contributed by atoms with Crippen LogP contribution in [-0.4, -0.2) is 314 Å². The van der Waals surface area contributed by atoms with Gasteiger partial charge in [0.2, 0.25) is 53.2 Å². The number of nitrogens with zero attached hydrogens (tertiary/aromatic N) is 10. The average Bonchev–Trinajstić information content (AvgIpc) is 3.30. The summed E-state index contributed by atoms with van der Waals surface area (Å²) in [7, 11) is 8.03. The predicted molar refractivity (Wildman–Crippen MR) is 267 cm³/mol. The van der Waals surface area contributed by atoms with Crippen LogP contribution in [0.3, 0.4) is 0 Å². The quantitative estimate of drug-likeness (QED) is 0.0365. The van der Waals surface area contributed by atoms with Crippen LogP contribution in [-0.2, 0) is 62.3 Å². The second-order valence-corrected chi connectivity index (χ2v) is 18.9. The second-order valence-electron chi connectivity index (χ2n) is 18.9. The van der Waals surface area contributed by atoms with Gasteiger partial charge in [-0.2, -0.15) is 0 Å². The van der Waals surface area contributed by atoms with Crippen LogP contribution in [0.15, 0.2) is 0 Å². The third-order valence-corrected chi connectivity index (χ3v) is 12.1. The molecule has 2 atom stereocenters. The Morgan fingerprint density at radius 1 is 0.480 bits per heavy atom. The van der Waals surface area contributed by atoms with Crippen molar-refractivity contribution in [1.29, 1.82) is 0 Å². The molecule has 1 aliphatic heterocycles. The smallest absolute Gasteiger partial charge is 0.317 e. The molecule has 0 aromatic heterocycles. The standard InChI is InChI=1S/C46H79N13O16/c1-32(21-33(2)60)46(75)55(8)28-41(67)54(7)27-40(66)53(6)26-39(65)52(5)25-38(64)51(4)24-37(63)50(3)22-36(62)49-34(45(47)74)11-9-10-12-48-35(61)23-56-13-15-57(29-42(68)69)17-19-59(31-44(72)73)20-18-58(16-14-56)30-43(70)71/h32,34H,9-31H2,1-8H3,(H2,47,74)(H,48,61)(H,49,62)(H,68,69)(H,70,71)(H,72,73)/t32-,34?/m0/s1. The molecule has 1 fully saturated rings. The van der Waals surface area contributed by atoms with Crippen LogP contribution < -0.4 is 16.4 Å². The third kappa shape index (κ3) is 27.9. The number of primary amides is 1. The summed E-state index contributed by atoms with van der Waals surface area (Å²) in [5, 5.41) is 33.6. The summed E-state index contributed by atoms with van der Waals surface area (Å²) in [4.78, 5) is 174. The first-order chi connectivity index (χ1) is 35.0. The van der Waals surface area contributed by atoms with Gasteiger partial charge in [-0.3, -0.25) is 77.1 Å². The van der Waals surface area contributed by atoms with Crippen molar-refractivity contribution < 1.29 is 77.6 Å². The zero-order valence-electron chi connectivity index (χ0n) is 44.6. The summed E-state index contributed by atoms with van der Waals surface area (Å²) in [6.07, 6.45) is 0.828. The van der Waals surface area contributed by atoms with Gasteiger partial charge in [0.15, 0.2) is 0 Å². The van der Waals surface area contributed by atoms with Gasteiger partial charge in [-0.1, -0.05) is 6.92 Å². The number of carbonyl (C=O) groups excluding carboxylic acids is 10. The van der Waals surface area contributed by atoms with Gasteiger partial charge in [0.1, 0.15) is 11.8 Å². The number of rotatable bonds is 30. The lowest BCUT2D eigenvalue weighted by molar-refractivity contribution is -0.146. The van der Waals surface area contributed by atoms with Gasteiger partial charge in [-0.25, -0.2) is 0 Å². The minimum Gasteiger partial charge on any atom is -0.480 e. The Hall–Kier alpha value is -6.85. The molecule has 0 aromatic carbocycles. The molecule has 9 amide bonds. The fourth-order valence-corrected chi connectivity index (χ4v) is 7.52. The molecule has 75 heavy (non-hydrogen) atoms. The van der Waals surface area contributed by atoms with Crippen molar-refractivity contribution in [3.8, 4) is 0 Å². The van der Waals surface area contributed by atoms with Gasteiger partial charge in [-0.15, -0.1) is 0 Å². The number of ketones is 1. The Labute approximate surface area is 437 Å². The SMILES string of the molecule is CC(=O)C[C@H](C)C(=O)N(C)CC(=O)N(C)CC(=O)N(C)CC(=O)N(C)CC(=O)N(C)CC(=O)N(C)CC(=O)NC(CCCCNC(=O)CN1CCN(CC(=O)O)CCN(CC(=O)O)CCN(CC(=O)O)CC1)C(N)=O. The molecule has 0 aromatic rings. The number of Topliss-reactive ketones (excluding diaryl/α,β-unsaturated/α-hetero) is 1. The number of nitrogens with two attached hydrogens (primary N) is 1. The van der Waals surface area contributed by atoms with Crippen LogP contribution in [0.2, 0.25) is 0 Å². The zero-order valence-corrected chi connectivity index (χ0v) is 44.6. The Balaban J connectivity index is 2.63. The maximum absolute atomic E-state index is 13.0. The first kappa shape index (κ1) is 66.2. The van der Waals surface area contributed by atoms with E-state index >= 15 is 0 Å². The Kier molecular flexibility index (Phi) is 29.9. The van der Waals surface area contributed by atoms with Crippen LogP contribution >= 0.6 is 0 Å². The molecular formula is C46H79N13O16. The highest BCUT2D eigenvalue weighted by atomic mass is 16.4. The second kappa shape index (κ2) is 33.9. The summed E-state index contributed by atoms with van der Waals surface area (Å²) >= 11 is 0. The maximum Gasteiger partial charge on any atom is 0.317 e. The van der Waals surface area contributed by atoms with E-state index in [1.165, 1.54) is 49.2 Å². The van der Waals surface area contributed by atoms with Gasteiger partial charge >= 0.3 is 17.9 Å². The molecule has 0 radical (unpaired) electrons. The topological polar surface area (TPSA) is 365 Å². The third-order valence-electron chi connectivity index (χ3n) is 12.1. The van der Waals surface area contributed by atoms with E-state index in [1.54, 1.807) is 26.5 Å². The van der Waals surface area contributed by atoms with Crippen molar-refractivity contribution in [2.75, 3.05) is 167 Å². The van der Waals surface area contributed by atoms with Crippen molar-refractivity contribution in [3.05, 3.63) is 0 Å². The van der Waals surface area contributed by atoms with Crippen LogP contribution in [0.25, 0.3) is 0 Å². The summed E-state index contributed by atoms with van der Waals surface area (Å²) in [5.41, 5.74) is 5.54. The minimum absolute atomic E-state index is 0.0225. The molecule has 1 saturated heterocycles. The molecule has 29 nitrogen and oxygen atoms in total.